The summed E-state index contributed by atoms with van der Waals surface area (Å²) in [5, 5.41) is 18.1. The normalized spacial score (nSPS) is 15.6. The van der Waals surface area contributed by atoms with Gasteiger partial charge in [0.2, 0.25) is 0 Å². The molecule has 0 aliphatic rings. The lowest BCUT2D eigenvalue weighted by molar-refractivity contribution is -0.146. The van der Waals surface area contributed by atoms with Gasteiger partial charge in [-0.05, 0) is 12.8 Å². The number of unbranched alkanes of at least 4 members (excludes halogenated alkanes) is 1. The Balaban J connectivity index is 3.85. The SMILES string of the molecule is CCCCC(O)C(CC)C(=O)O. The van der Waals surface area contributed by atoms with Gasteiger partial charge in [-0.3, -0.25) is 4.79 Å². The zero-order chi connectivity index (χ0) is 9.56. The number of carbonyl (C=O) groups is 1. The molecule has 2 N–H and O–H groups in total. The number of aliphatic hydroxyl groups is 1. The molecule has 3 nitrogen and oxygen atoms in total. The summed E-state index contributed by atoms with van der Waals surface area (Å²) in [6.07, 6.45) is 2.31. The molecule has 0 radical (unpaired) electrons. The Morgan fingerprint density at radius 2 is 2.00 bits per heavy atom. The van der Waals surface area contributed by atoms with Gasteiger partial charge in [-0.2, -0.15) is 0 Å². The number of aliphatic carboxylic acids is 1. The van der Waals surface area contributed by atoms with Crippen molar-refractivity contribution in [2.24, 2.45) is 5.92 Å². The average molecular weight is 174 g/mol. The number of rotatable bonds is 6. The van der Waals surface area contributed by atoms with Crippen molar-refractivity contribution in [3.05, 3.63) is 0 Å². The third-order valence-corrected chi connectivity index (χ3v) is 2.07. The molecule has 0 aromatic rings. The smallest absolute Gasteiger partial charge is 0.309 e. The standard InChI is InChI=1S/C9H18O3/c1-3-5-6-8(10)7(4-2)9(11)12/h7-8,10H,3-6H2,1-2H3,(H,11,12). The molecule has 0 heterocycles. The maximum absolute atomic E-state index is 10.6. The molecule has 72 valence electrons. The van der Waals surface area contributed by atoms with Crippen LogP contribution in [0.3, 0.4) is 0 Å². The molecule has 0 aliphatic heterocycles. The topological polar surface area (TPSA) is 57.5 Å². The zero-order valence-corrected chi connectivity index (χ0v) is 7.79. The second-order valence-electron chi connectivity index (χ2n) is 3.06. The fourth-order valence-corrected chi connectivity index (χ4v) is 1.23. The van der Waals surface area contributed by atoms with Crippen LogP contribution in [0.25, 0.3) is 0 Å². The number of carboxylic acids is 1. The minimum absolute atomic E-state index is 0.500. The summed E-state index contributed by atoms with van der Waals surface area (Å²) in [5.41, 5.74) is 0. The summed E-state index contributed by atoms with van der Waals surface area (Å²) >= 11 is 0. The van der Waals surface area contributed by atoms with Gasteiger partial charge in [0.05, 0.1) is 12.0 Å². The Bertz CT molecular complexity index is 134. The van der Waals surface area contributed by atoms with E-state index in [-0.39, 0.29) is 0 Å². The lowest BCUT2D eigenvalue weighted by atomic mass is 9.96. The Morgan fingerprint density at radius 1 is 1.42 bits per heavy atom. The number of aliphatic hydroxyl groups excluding tert-OH is 1. The van der Waals surface area contributed by atoms with Gasteiger partial charge >= 0.3 is 5.97 Å². The molecule has 0 saturated heterocycles. The van der Waals surface area contributed by atoms with Gasteiger partial charge in [-0.25, -0.2) is 0 Å². The van der Waals surface area contributed by atoms with Crippen LogP contribution in [-0.4, -0.2) is 22.3 Å². The van der Waals surface area contributed by atoms with Crippen LogP contribution in [0.2, 0.25) is 0 Å². The predicted octanol–water partition coefficient (Wildman–Crippen LogP) is 1.65. The van der Waals surface area contributed by atoms with Crippen LogP contribution in [0.15, 0.2) is 0 Å². The molecule has 12 heavy (non-hydrogen) atoms. The lowest BCUT2D eigenvalue weighted by Gasteiger charge is -2.16. The first-order valence-corrected chi connectivity index (χ1v) is 4.54. The summed E-state index contributed by atoms with van der Waals surface area (Å²) in [7, 11) is 0. The molecule has 0 aromatic carbocycles. The highest BCUT2D eigenvalue weighted by Crippen LogP contribution is 2.14. The summed E-state index contributed by atoms with van der Waals surface area (Å²) in [6, 6.07) is 0. The van der Waals surface area contributed by atoms with Crippen molar-refractivity contribution in [1.29, 1.82) is 0 Å². The Labute approximate surface area is 73.4 Å². The molecule has 0 spiro atoms. The predicted molar refractivity (Wildman–Crippen MR) is 46.9 cm³/mol. The van der Waals surface area contributed by atoms with E-state index in [9.17, 15) is 9.90 Å². The van der Waals surface area contributed by atoms with E-state index in [4.69, 9.17) is 5.11 Å². The monoisotopic (exact) mass is 174 g/mol. The van der Waals surface area contributed by atoms with Crippen molar-refractivity contribution >= 4 is 5.97 Å². The van der Waals surface area contributed by atoms with Gasteiger partial charge in [-0.15, -0.1) is 0 Å². The fourth-order valence-electron chi connectivity index (χ4n) is 1.23. The maximum atomic E-state index is 10.6. The van der Waals surface area contributed by atoms with Gasteiger partial charge in [0, 0.05) is 0 Å². The third kappa shape index (κ3) is 3.72. The third-order valence-electron chi connectivity index (χ3n) is 2.07. The van der Waals surface area contributed by atoms with Crippen molar-refractivity contribution in [1.82, 2.24) is 0 Å². The van der Waals surface area contributed by atoms with Crippen molar-refractivity contribution in [2.45, 2.75) is 45.6 Å². The van der Waals surface area contributed by atoms with Crippen LogP contribution >= 0.6 is 0 Å². The number of carboxylic acid groups (broad SMARTS) is 1. The van der Waals surface area contributed by atoms with Crippen LogP contribution in [0.5, 0.6) is 0 Å². The van der Waals surface area contributed by atoms with Crippen LogP contribution in [-0.2, 0) is 4.79 Å². The molecule has 0 aromatic heterocycles. The lowest BCUT2D eigenvalue weighted by Crippen LogP contribution is -2.27. The minimum atomic E-state index is -0.888. The van der Waals surface area contributed by atoms with E-state index < -0.39 is 18.0 Å². The summed E-state index contributed by atoms with van der Waals surface area (Å²) in [4.78, 5) is 10.6. The van der Waals surface area contributed by atoms with Crippen LogP contribution < -0.4 is 0 Å². The van der Waals surface area contributed by atoms with Gasteiger partial charge in [0.25, 0.3) is 0 Å². The molecule has 0 bridgehead atoms. The Morgan fingerprint density at radius 3 is 2.33 bits per heavy atom. The van der Waals surface area contributed by atoms with E-state index in [0.29, 0.717) is 12.8 Å². The van der Waals surface area contributed by atoms with E-state index in [1.54, 1.807) is 6.92 Å². The van der Waals surface area contributed by atoms with Gasteiger partial charge in [-0.1, -0.05) is 26.7 Å². The molecule has 0 saturated carbocycles. The highest BCUT2D eigenvalue weighted by atomic mass is 16.4. The van der Waals surface area contributed by atoms with Crippen LogP contribution in [0.1, 0.15) is 39.5 Å². The van der Waals surface area contributed by atoms with E-state index in [0.717, 1.165) is 12.8 Å². The first-order valence-electron chi connectivity index (χ1n) is 4.54. The zero-order valence-electron chi connectivity index (χ0n) is 7.79. The molecular weight excluding hydrogens is 156 g/mol. The van der Waals surface area contributed by atoms with Crippen molar-refractivity contribution in [3.63, 3.8) is 0 Å². The summed E-state index contributed by atoms with van der Waals surface area (Å²) in [5.74, 6) is -1.47. The van der Waals surface area contributed by atoms with E-state index in [1.807, 2.05) is 6.92 Å². The second kappa shape index (κ2) is 6.00. The molecule has 2 atom stereocenters. The molecule has 0 amide bonds. The largest absolute Gasteiger partial charge is 0.481 e. The van der Waals surface area contributed by atoms with E-state index in [1.165, 1.54) is 0 Å². The first-order chi connectivity index (χ1) is 5.63. The number of hydrogen-bond donors (Lipinski definition) is 2. The van der Waals surface area contributed by atoms with Crippen LogP contribution in [0.4, 0.5) is 0 Å². The molecule has 0 aliphatic carbocycles. The minimum Gasteiger partial charge on any atom is -0.481 e. The number of hydrogen-bond acceptors (Lipinski definition) is 2. The highest BCUT2D eigenvalue weighted by Gasteiger charge is 2.23. The molecule has 0 rings (SSSR count). The Hall–Kier alpha value is -0.570. The van der Waals surface area contributed by atoms with E-state index >= 15 is 0 Å². The van der Waals surface area contributed by atoms with Gasteiger partial charge in [0.1, 0.15) is 0 Å². The average Bonchev–Trinajstić information content (AvgIpc) is 2.01. The summed E-state index contributed by atoms with van der Waals surface area (Å²) < 4.78 is 0. The van der Waals surface area contributed by atoms with Gasteiger partial charge in [0.15, 0.2) is 0 Å². The molecule has 2 unspecified atom stereocenters. The van der Waals surface area contributed by atoms with Crippen molar-refractivity contribution < 1.29 is 15.0 Å². The first kappa shape index (κ1) is 11.4. The molecule has 0 fully saturated rings. The maximum Gasteiger partial charge on any atom is 0.309 e. The van der Waals surface area contributed by atoms with Gasteiger partial charge < -0.3 is 10.2 Å². The fraction of sp³-hybridized carbons (Fsp3) is 0.889. The highest BCUT2D eigenvalue weighted by molar-refractivity contribution is 5.70. The quantitative estimate of drug-likeness (QED) is 0.643. The second-order valence-corrected chi connectivity index (χ2v) is 3.06. The molecular formula is C9H18O3. The van der Waals surface area contributed by atoms with Crippen molar-refractivity contribution in [2.75, 3.05) is 0 Å². The van der Waals surface area contributed by atoms with Crippen LogP contribution in [0, 0.1) is 5.92 Å². The van der Waals surface area contributed by atoms with Crippen molar-refractivity contribution in [3.8, 4) is 0 Å². The molecule has 3 heteroatoms. The summed E-state index contributed by atoms with van der Waals surface area (Å²) in [6.45, 7) is 3.81. The Kier molecular flexibility index (Phi) is 5.72. The van der Waals surface area contributed by atoms with E-state index in [2.05, 4.69) is 0 Å².